The van der Waals surface area contributed by atoms with Crippen LogP contribution in [0.3, 0.4) is 0 Å². The Morgan fingerprint density at radius 3 is 1.82 bits per heavy atom. The maximum Gasteiger partial charge on any atom is 0.187 e. The van der Waals surface area contributed by atoms with Crippen molar-refractivity contribution in [3.8, 4) is 0 Å². The first-order valence-corrected chi connectivity index (χ1v) is 26.9. The van der Waals surface area contributed by atoms with E-state index in [2.05, 4.69) is 33.8 Å². The lowest BCUT2D eigenvalue weighted by Gasteiger charge is -2.66. The average Bonchev–Trinajstić information content (AvgIpc) is 3.74. The second-order valence-electron chi connectivity index (χ2n) is 24.7. The summed E-state index contributed by atoms with van der Waals surface area (Å²) in [6, 6.07) is 0. The summed E-state index contributed by atoms with van der Waals surface area (Å²) in [5.41, 5.74) is -1.07. The van der Waals surface area contributed by atoms with Gasteiger partial charge < -0.3 is 109 Å². The molecule has 0 bridgehead atoms. The van der Waals surface area contributed by atoms with Gasteiger partial charge in [0.1, 0.15) is 91.6 Å². The fraction of sp³-hybridized carbons (Fsp3) is 0.962. The van der Waals surface area contributed by atoms with Crippen molar-refractivity contribution in [1.82, 2.24) is 0 Å². The van der Waals surface area contributed by atoms with Gasteiger partial charge in [0.05, 0.1) is 44.2 Å². The molecule has 0 aromatic heterocycles. The van der Waals surface area contributed by atoms with Gasteiger partial charge in [-0.15, -0.1) is 0 Å². The van der Waals surface area contributed by atoms with Crippen molar-refractivity contribution in [3.63, 3.8) is 0 Å². The van der Waals surface area contributed by atoms with Gasteiger partial charge in [-0.2, -0.15) is 0 Å². The summed E-state index contributed by atoms with van der Waals surface area (Å²) in [6.45, 7) is 12.7. The molecule has 1 unspecified atom stereocenters. The van der Waals surface area contributed by atoms with Crippen LogP contribution in [-0.4, -0.2) is 232 Å². The lowest BCUT2D eigenvalue weighted by Crippen LogP contribution is -2.66. The van der Waals surface area contributed by atoms with Crippen molar-refractivity contribution in [2.24, 2.45) is 45.8 Å². The van der Waals surface area contributed by atoms with Crippen molar-refractivity contribution in [3.05, 3.63) is 11.6 Å². The van der Waals surface area contributed by atoms with Crippen LogP contribution in [0.15, 0.2) is 11.6 Å². The van der Waals surface area contributed by atoms with Crippen molar-refractivity contribution in [2.75, 3.05) is 26.4 Å². The Morgan fingerprint density at radius 2 is 1.18 bits per heavy atom. The Kier molecular flexibility index (Phi) is 18.2. The van der Waals surface area contributed by atoms with Gasteiger partial charge in [0.25, 0.3) is 0 Å². The van der Waals surface area contributed by atoms with Gasteiger partial charge in [0, 0.05) is 0 Å². The lowest BCUT2D eigenvalue weighted by molar-refractivity contribution is -0.378. The third-order valence-electron chi connectivity index (χ3n) is 19.7. The molecule has 0 aromatic rings. The Balaban J connectivity index is 0.992. The zero-order chi connectivity index (χ0) is 54.1. The summed E-state index contributed by atoms with van der Waals surface area (Å²) < 4.78 is 48.6. The SMILES string of the molecule is CC(C)=CCC[C@](C)(O[C@@H]1O[C@H](CO[C@@H]2OC[C@H](O)[C@H](O)[C@H]2O)[C@@H](O)[C@H](O)[C@H]1O)[C@H]1CC[C@@]2(C)C3CC[C@H]4C(C)(C)[C@@H](O[C@@H]5O[C@H](CO)[C@@H](O)[C@H](O)[C@H]5O[C@@H]5O[C@H](CO)[C@@H](O)[C@H](O)[C@H]5O)CC[C@]4(C)[C@H]3C[C@@H](O)[C@H]12. The molecule has 4 saturated heterocycles. The second kappa shape index (κ2) is 22.8. The normalized spacial score (nSPS) is 52.3. The molecule has 22 nitrogen and oxygen atoms in total. The van der Waals surface area contributed by atoms with Gasteiger partial charge in [-0.3, -0.25) is 0 Å². The van der Waals surface area contributed by atoms with E-state index < -0.39 is 160 Å². The number of aliphatic hydroxyl groups is 14. The third-order valence-corrected chi connectivity index (χ3v) is 19.7. The number of hydrogen-bond donors (Lipinski definition) is 14. The van der Waals surface area contributed by atoms with Crippen LogP contribution in [0.25, 0.3) is 0 Å². The van der Waals surface area contributed by atoms with E-state index in [4.69, 9.17) is 37.9 Å². The summed E-state index contributed by atoms with van der Waals surface area (Å²) in [6.07, 6.45) is -22.3. The number of fused-ring (bicyclic) bond motifs is 5. The van der Waals surface area contributed by atoms with Crippen molar-refractivity contribution >= 4 is 0 Å². The number of rotatable bonds is 15. The summed E-state index contributed by atoms with van der Waals surface area (Å²) in [5, 5.41) is 151. The van der Waals surface area contributed by atoms with Crippen molar-refractivity contribution in [1.29, 1.82) is 0 Å². The fourth-order valence-corrected chi connectivity index (χ4v) is 15.5. The highest BCUT2D eigenvalue weighted by molar-refractivity contribution is 5.17. The number of aliphatic hydroxyl groups excluding tert-OH is 14. The molecule has 22 heteroatoms. The largest absolute Gasteiger partial charge is 0.394 e. The molecule has 0 aromatic carbocycles. The minimum absolute atomic E-state index is 0.0722. The first kappa shape index (κ1) is 59.0. The maximum atomic E-state index is 12.7. The molecule has 4 saturated carbocycles. The van der Waals surface area contributed by atoms with E-state index in [-0.39, 0.29) is 47.0 Å². The van der Waals surface area contributed by atoms with Crippen molar-refractivity contribution in [2.45, 2.75) is 241 Å². The van der Waals surface area contributed by atoms with Gasteiger partial charge in [-0.05, 0) is 124 Å². The molecule has 8 aliphatic rings. The van der Waals surface area contributed by atoms with E-state index in [1.165, 1.54) is 0 Å². The Labute approximate surface area is 433 Å². The lowest BCUT2D eigenvalue weighted by atomic mass is 9.39. The Bertz CT molecular complexity index is 1890. The smallest absolute Gasteiger partial charge is 0.187 e. The minimum Gasteiger partial charge on any atom is -0.394 e. The fourth-order valence-electron chi connectivity index (χ4n) is 15.5. The molecule has 4 heterocycles. The topological polar surface area (TPSA) is 357 Å². The van der Waals surface area contributed by atoms with Crippen LogP contribution in [0, 0.1) is 45.8 Å². The van der Waals surface area contributed by atoms with Gasteiger partial charge in [-0.1, -0.05) is 39.3 Å². The van der Waals surface area contributed by atoms with E-state index in [1.54, 1.807) is 0 Å². The first-order chi connectivity index (χ1) is 34.7. The molecular formula is C52H88O22. The average molecular weight is 1070 g/mol. The predicted octanol–water partition coefficient (Wildman–Crippen LogP) is -1.95. The Morgan fingerprint density at radius 1 is 0.595 bits per heavy atom. The van der Waals surface area contributed by atoms with Gasteiger partial charge in [0.2, 0.25) is 0 Å². The maximum absolute atomic E-state index is 12.7. The van der Waals surface area contributed by atoms with Crippen LogP contribution in [0.4, 0.5) is 0 Å². The zero-order valence-electron chi connectivity index (χ0n) is 43.8. The predicted molar refractivity (Wildman–Crippen MR) is 256 cm³/mol. The number of hydrogen-bond acceptors (Lipinski definition) is 22. The van der Waals surface area contributed by atoms with Crippen LogP contribution in [0.2, 0.25) is 0 Å². The molecule has 4 aliphatic heterocycles. The molecular weight excluding hydrogens is 977 g/mol. The van der Waals surface area contributed by atoms with E-state index >= 15 is 0 Å². The quantitative estimate of drug-likeness (QED) is 0.0626. The molecule has 74 heavy (non-hydrogen) atoms. The zero-order valence-corrected chi connectivity index (χ0v) is 43.8. The van der Waals surface area contributed by atoms with Crippen molar-refractivity contribution < 1.29 is 109 Å². The monoisotopic (exact) mass is 1060 g/mol. The standard InChI is InChI=1S/C52H88O22/c1-22(2)9-8-14-52(7,74-47-43(66)39(62)37(60)30(71-47)21-68-45-41(64)34(57)27(56)20-67-45)24-12-15-51(6)23-10-11-31-49(3,4)32(13-16-50(31,5)25(23)17-26(55)33(24)51)72-48-44(40(63)36(59)29(19-54)70-48)73-46-42(65)38(61)35(58)28(18-53)69-46/h9,23-48,53-66H,8,10-21H2,1-7H3/t23?,24-,25-,26+,27-,28+,29+,30+,31-,32-,33-,34-,35+,36+,37+,38-,39-,40-,41+,42+,43+,44+,45-,46-,47-,48-,50+,51-,52-/m0/s1. The molecule has 0 amide bonds. The summed E-state index contributed by atoms with van der Waals surface area (Å²) in [7, 11) is 0. The summed E-state index contributed by atoms with van der Waals surface area (Å²) in [5.74, 6) is -0.0538. The molecule has 8 rings (SSSR count). The Hall–Kier alpha value is -1.14. The van der Waals surface area contributed by atoms with Crippen LogP contribution in [-0.2, 0) is 37.9 Å². The van der Waals surface area contributed by atoms with E-state index in [1.807, 2.05) is 20.8 Å². The molecule has 4 aliphatic carbocycles. The number of allylic oxidation sites excluding steroid dienone is 2. The summed E-state index contributed by atoms with van der Waals surface area (Å²) >= 11 is 0. The highest BCUT2D eigenvalue weighted by Crippen LogP contribution is 2.71. The molecule has 14 N–H and O–H groups in total. The van der Waals surface area contributed by atoms with Gasteiger partial charge in [0.15, 0.2) is 25.2 Å². The highest BCUT2D eigenvalue weighted by Gasteiger charge is 2.68. The van der Waals surface area contributed by atoms with Gasteiger partial charge in [-0.25, -0.2) is 0 Å². The van der Waals surface area contributed by atoms with Crippen LogP contribution < -0.4 is 0 Å². The minimum atomic E-state index is -1.81. The van der Waals surface area contributed by atoms with Crippen LogP contribution in [0.1, 0.15) is 106 Å². The van der Waals surface area contributed by atoms with E-state index in [0.29, 0.717) is 38.5 Å². The highest BCUT2D eigenvalue weighted by atomic mass is 16.8. The molecule has 0 spiro atoms. The molecule has 8 fully saturated rings. The molecule has 29 atom stereocenters. The van der Waals surface area contributed by atoms with Gasteiger partial charge >= 0.3 is 0 Å². The molecule has 0 radical (unpaired) electrons. The third kappa shape index (κ3) is 10.7. The molecule has 428 valence electrons. The van der Waals surface area contributed by atoms with E-state index in [0.717, 1.165) is 24.8 Å². The van der Waals surface area contributed by atoms with E-state index in [9.17, 15) is 71.5 Å². The second-order valence-corrected chi connectivity index (χ2v) is 24.7. The van der Waals surface area contributed by atoms with Crippen LogP contribution >= 0.6 is 0 Å². The first-order valence-electron chi connectivity index (χ1n) is 26.9. The number of ether oxygens (including phenoxy) is 8. The van der Waals surface area contributed by atoms with Crippen LogP contribution in [0.5, 0.6) is 0 Å². The summed E-state index contributed by atoms with van der Waals surface area (Å²) in [4.78, 5) is 0.